The second-order valence-corrected chi connectivity index (χ2v) is 6.07. The van der Waals surface area contributed by atoms with E-state index in [0.717, 1.165) is 51.0 Å². The van der Waals surface area contributed by atoms with Crippen LogP contribution in [0.4, 0.5) is 6.01 Å². The maximum atomic E-state index is 5.64. The first-order valence-electron chi connectivity index (χ1n) is 7.74. The summed E-state index contributed by atoms with van der Waals surface area (Å²) in [5.74, 6) is 0.657. The molecule has 20 heavy (non-hydrogen) atoms. The summed E-state index contributed by atoms with van der Waals surface area (Å²) in [5.41, 5.74) is 0.992. The van der Waals surface area contributed by atoms with Gasteiger partial charge in [-0.1, -0.05) is 20.8 Å². The van der Waals surface area contributed by atoms with Crippen LogP contribution in [0, 0.1) is 5.92 Å². The number of nitrogens with zero attached hydrogens (tertiary/aromatic N) is 3. The van der Waals surface area contributed by atoms with E-state index in [9.17, 15) is 0 Å². The number of hydrogen-bond acceptors (Lipinski definition) is 5. The minimum atomic E-state index is 0.558. The molecule has 1 atom stereocenters. The molecule has 5 nitrogen and oxygen atoms in total. The summed E-state index contributed by atoms with van der Waals surface area (Å²) >= 11 is 0. The topological polar surface area (TPSA) is 44.5 Å². The highest BCUT2D eigenvalue weighted by atomic mass is 16.4. The standard InChI is InChI=1S/C15H28N4O/c1-5-18-6-7-19(10-13(18)4)15-17-14(11-20-15)9-16-8-12(2)3/h11-13,16H,5-10H2,1-4H3. The van der Waals surface area contributed by atoms with Gasteiger partial charge < -0.3 is 14.6 Å². The predicted molar refractivity (Wildman–Crippen MR) is 82.0 cm³/mol. The molecule has 1 unspecified atom stereocenters. The first-order valence-corrected chi connectivity index (χ1v) is 7.74. The number of hydrogen-bond donors (Lipinski definition) is 1. The highest BCUT2D eigenvalue weighted by Crippen LogP contribution is 2.18. The van der Waals surface area contributed by atoms with E-state index in [1.165, 1.54) is 0 Å². The van der Waals surface area contributed by atoms with Crippen molar-refractivity contribution in [1.29, 1.82) is 0 Å². The molecule has 0 spiro atoms. The highest BCUT2D eigenvalue weighted by molar-refractivity contribution is 5.28. The van der Waals surface area contributed by atoms with E-state index in [4.69, 9.17) is 4.42 Å². The Labute approximate surface area is 122 Å². The first kappa shape index (κ1) is 15.3. The number of aromatic nitrogens is 1. The smallest absolute Gasteiger partial charge is 0.297 e. The van der Waals surface area contributed by atoms with E-state index in [-0.39, 0.29) is 0 Å². The molecular formula is C15H28N4O. The van der Waals surface area contributed by atoms with Gasteiger partial charge in [-0.05, 0) is 25.9 Å². The van der Waals surface area contributed by atoms with Crippen molar-refractivity contribution < 1.29 is 4.42 Å². The Bertz CT molecular complexity index is 404. The zero-order valence-corrected chi connectivity index (χ0v) is 13.2. The van der Waals surface area contributed by atoms with Gasteiger partial charge in [-0.25, -0.2) is 0 Å². The summed E-state index contributed by atoms with van der Waals surface area (Å²) in [7, 11) is 0. The van der Waals surface area contributed by atoms with Crippen LogP contribution in [0.5, 0.6) is 0 Å². The number of nitrogens with one attached hydrogen (secondary N) is 1. The summed E-state index contributed by atoms with van der Waals surface area (Å²) < 4.78 is 5.64. The van der Waals surface area contributed by atoms with Gasteiger partial charge >= 0.3 is 0 Å². The average molecular weight is 280 g/mol. The highest BCUT2D eigenvalue weighted by Gasteiger charge is 2.25. The van der Waals surface area contributed by atoms with Crippen molar-refractivity contribution >= 4 is 6.01 Å². The molecule has 1 aliphatic heterocycles. The molecule has 1 fully saturated rings. The maximum absolute atomic E-state index is 5.64. The molecule has 1 saturated heterocycles. The molecule has 2 rings (SSSR count). The Hall–Kier alpha value is -1.07. The van der Waals surface area contributed by atoms with Crippen LogP contribution in [0.3, 0.4) is 0 Å². The second kappa shape index (κ2) is 7.09. The molecule has 0 amide bonds. The van der Waals surface area contributed by atoms with Crippen LogP contribution < -0.4 is 10.2 Å². The summed E-state index contributed by atoms with van der Waals surface area (Å²) in [4.78, 5) is 9.34. The zero-order chi connectivity index (χ0) is 14.5. The third kappa shape index (κ3) is 3.96. The van der Waals surface area contributed by atoms with E-state index in [0.29, 0.717) is 12.0 Å². The fraction of sp³-hybridized carbons (Fsp3) is 0.800. The van der Waals surface area contributed by atoms with Crippen molar-refractivity contribution in [3.8, 4) is 0 Å². The van der Waals surface area contributed by atoms with Crippen LogP contribution in [-0.4, -0.2) is 48.6 Å². The van der Waals surface area contributed by atoms with Gasteiger partial charge in [0, 0.05) is 32.2 Å². The van der Waals surface area contributed by atoms with Gasteiger partial charge in [-0.3, -0.25) is 4.90 Å². The van der Waals surface area contributed by atoms with Crippen LogP contribution >= 0.6 is 0 Å². The molecule has 1 aliphatic rings. The van der Waals surface area contributed by atoms with Crippen molar-refractivity contribution in [2.24, 2.45) is 5.92 Å². The van der Waals surface area contributed by atoms with Crippen molar-refractivity contribution in [3.63, 3.8) is 0 Å². The van der Waals surface area contributed by atoms with Crippen molar-refractivity contribution in [3.05, 3.63) is 12.0 Å². The Morgan fingerprint density at radius 2 is 2.25 bits per heavy atom. The molecule has 1 N–H and O–H groups in total. The molecule has 0 radical (unpaired) electrons. The molecule has 0 aliphatic carbocycles. The molecule has 0 bridgehead atoms. The van der Waals surface area contributed by atoms with Gasteiger partial charge in [0.15, 0.2) is 0 Å². The van der Waals surface area contributed by atoms with Gasteiger partial charge in [0.1, 0.15) is 6.26 Å². The zero-order valence-electron chi connectivity index (χ0n) is 13.2. The number of likely N-dealkylation sites (N-methyl/N-ethyl adjacent to an activating group) is 1. The lowest BCUT2D eigenvalue weighted by Gasteiger charge is -2.38. The van der Waals surface area contributed by atoms with Gasteiger partial charge in [0.2, 0.25) is 0 Å². The van der Waals surface area contributed by atoms with Crippen LogP contribution in [-0.2, 0) is 6.54 Å². The Balaban J connectivity index is 1.86. The SMILES string of the molecule is CCN1CCN(c2nc(CNCC(C)C)co2)CC1C. The normalized spacial score (nSPS) is 20.9. The average Bonchev–Trinajstić information content (AvgIpc) is 2.87. The Morgan fingerprint density at radius 3 is 2.90 bits per heavy atom. The molecule has 0 aromatic carbocycles. The lowest BCUT2D eigenvalue weighted by atomic mass is 10.2. The van der Waals surface area contributed by atoms with Crippen LogP contribution in [0.2, 0.25) is 0 Å². The summed E-state index contributed by atoms with van der Waals surface area (Å²) in [6.45, 7) is 14.9. The fourth-order valence-corrected chi connectivity index (χ4v) is 2.65. The summed E-state index contributed by atoms with van der Waals surface area (Å²) in [5, 5.41) is 3.39. The van der Waals surface area contributed by atoms with Gasteiger partial charge in [0.05, 0.1) is 5.69 Å². The van der Waals surface area contributed by atoms with E-state index in [1.807, 2.05) is 0 Å². The van der Waals surface area contributed by atoms with E-state index >= 15 is 0 Å². The van der Waals surface area contributed by atoms with Gasteiger partial charge in [-0.15, -0.1) is 0 Å². The molecule has 2 heterocycles. The Morgan fingerprint density at radius 1 is 1.45 bits per heavy atom. The number of anilines is 1. The third-order valence-electron chi connectivity index (χ3n) is 3.84. The minimum Gasteiger partial charge on any atom is -0.432 e. The second-order valence-electron chi connectivity index (χ2n) is 6.07. The largest absolute Gasteiger partial charge is 0.432 e. The maximum Gasteiger partial charge on any atom is 0.297 e. The van der Waals surface area contributed by atoms with Crippen LogP contribution in [0.15, 0.2) is 10.7 Å². The Kier molecular flexibility index (Phi) is 5.43. The predicted octanol–water partition coefficient (Wildman–Crippen LogP) is 1.95. The molecule has 1 aromatic rings. The van der Waals surface area contributed by atoms with Crippen LogP contribution in [0.1, 0.15) is 33.4 Å². The van der Waals surface area contributed by atoms with E-state index in [1.54, 1.807) is 6.26 Å². The van der Waals surface area contributed by atoms with Crippen molar-refractivity contribution in [1.82, 2.24) is 15.2 Å². The quantitative estimate of drug-likeness (QED) is 0.863. The lowest BCUT2D eigenvalue weighted by Crippen LogP contribution is -2.51. The molecule has 0 saturated carbocycles. The summed E-state index contributed by atoms with van der Waals surface area (Å²) in [6, 6.07) is 1.33. The molecule has 5 heteroatoms. The van der Waals surface area contributed by atoms with E-state index in [2.05, 4.69) is 47.8 Å². The van der Waals surface area contributed by atoms with Gasteiger partial charge in [-0.2, -0.15) is 4.98 Å². The molecular weight excluding hydrogens is 252 g/mol. The number of rotatable bonds is 6. The minimum absolute atomic E-state index is 0.558. The third-order valence-corrected chi connectivity index (χ3v) is 3.84. The van der Waals surface area contributed by atoms with E-state index < -0.39 is 0 Å². The lowest BCUT2D eigenvalue weighted by molar-refractivity contribution is 0.195. The van der Waals surface area contributed by atoms with Crippen molar-refractivity contribution in [2.75, 3.05) is 37.6 Å². The fourth-order valence-electron chi connectivity index (χ4n) is 2.65. The molecule has 1 aromatic heterocycles. The molecule has 114 valence electrons. The first-order chi connectivity index (χ1) is 9.60. The van der Waals surface area contributed by atoms with Gasteiger partial charge in [0.25, 0.3) is 6.01 Å². The monoisotopic (exact) mass is 280 g/mol. The number of piperazine rings is 1. The van der Waals surface area contributed by atoms with Crippen molar-refractivity contribution in [2.45, 2.75) is 40.3 Å². The summed E-state index contributed by atoms with van der Waals surface area (Å²) in [6.07, 6.45) is 1.78. The number of oxazole rings is 1. The van der Waals surface area contributed by atoms with Crippen LogP contribution in [0.25, 0.3) is 0 Å².